The van der Waals surface area contributed by atoms with Gasteiger partial charge in [0.2, 0.25) is 0 Å². The molecule has 0 bridgehead atoms. The molecule has 0 aliphatic carbocycles. The summed E-state index contributed by atoms with van der Waals surface area (Å²) in [5.41, 5.74) is -0.625. The van der Waals surface area contributed by atoms with Crippen molar-refractivity contribution in [3.05, 3.63) is 29.6 Å². The van der Waals surface area contributed by atoms with E-state index in [1.165, 1.54) is 12.1 Å². The fourth-order valence-electron chi connectivity index (χ4n) is 1.96. The highest BCUT2D eigenvalue weighted by atomic mass is 19.1. The zero-order chi connectivity index (χ0) is 19.9. The molecular weight excluding hydrogens is 348 g/mol. The Bertz CT molecular complexity index is 634. The molecule has 0 spiro atoms. The molecule has 0 aliphatic heterocycles. The second-order valence-corrected chi connectivity index (χ2v) is 6.47. The van der Waals surface area contributed by atoms with Gasteiger partial charge in [-0.05, 0) is 32.4 Å². The van der Waals surface area contributed by atoms with Crippen LogP contribution in [0, 0.1) is 5.82 Å². The largest absolute Gasteiger partial charge is 0.496 e. The molecule has 3 N–H and O–H groups in total. The van der Waals surface area contributed by atoms with Gasteiger partial charge < -0.3 is 29.6 Å². The van der Waals surface area contributed by atoms with Crippen molar-refractivity contribution >= 4 is 19.2 Å². The van der Waals surface area contributed by atoms with E-state index in [1.54, 1.807) is 20.8 Å². The van der Waals surface area contributed by atoms with Crippen LogP contribution in [0.5, 0.6) is 5.75 Å². The molecule has 0 fully saturated rings. The van der Waals surface area contributed by atoms with Crippen molar-refractivity contribution in [1.82, 2.24) is 5.32 Å². The lowest BCUT2D eigenvalue weighted by molar-refractivity contribution is -0.143. The number of ether oxygens (including phenoxy) is 3. The Hall–Kier alpha value is -2.33. The van der Waals surface area contributed by atoms with Gasteiger partial charge in [0.05, 0.1) is 7.11 Å². The molecule has 26 heavy (non-hydrogen) atoms. The molecule has 1 atom stereocenters. The quantitative estimate of drug-likeness (QED) is 0.480. The van der Waals surface area contributed by atoms with Crippen LogP contribution >= 0.6 is 0 Å². The average Bonchev–Trinajstić information content (AvgIpc) is 2.51. The number of benzene rings is 1. The fraction of sp³-hybridized carbons (Fsp3) is 0.500. The predicted molar refractivity (Wildman–Crippen MR) is 91.0 cm³/mol. The summed E-state index contributed by atoms with van der Waals surface area (Å²) in [6.45, 7) is 4.59. The molecule has 1 aromatic rings. The minimum Gasteiger partial charge on any atom is -0.496 e. The van der Waals surface area contributed by atoms with Gasteiger partial charge in [-0.2, -0.15) is 0 Å². The third-order valence-electron chi connectivity index (χ3n) is 3.02. The van der Waals surface area contributed by atoms with Gasteiger partial charge in [0.25, 0.3) is 0 Å². The van der Waals surface area contributed by atoms with Gasteiger partial charge >= 0.3 is 19.2 Å². The van der Waals surface area contributed by atoms with Crippen LogP contribution in [0.4, 0.5) is 9.18 Å². The maximum absolute atomic E-state index is 14.2. The number of hydrogen-bond donors (Lipinski definition) is 3. The second kappa shape index (κ2) is 9.39. The smallest absolute Gasteiger partial charge is 0.491 e. The number of halogens is 1. The molecule has 1 aromatic carbocycles. The maximum atomic E-state index is 14.2. The van der Waals surface area contributed by atoms with Crippen LogP contribution in [-0.4, -0.2) is 54.5 Å². The van der Waals surface area contributed by atoms with Crippen molar-refractivity contribution in [1.29, 1.82) is 0 Å². The first kappa shape index (κ1) is 21.7. The molecule has 1 amide bonds. The van der Waals surface area contributed by atoms with Gasteiger partial charge in [-0.3, -0.25) is 0 Å². The normalized spacial score (nSPS) is 12.1. The Morgan fingerprint density at radius 1 is 1.31 bits per heavy atom. The Balaban J connectivity index is 2.84. The highest BCUT2D eigenvalue weighted by Gasteiger charge is 2.26. The topological polar surface area (TPSA) is 114 Å². The van der Waals surface area contributed by atoms with E-state index >= 15 is 0 Å². The number of esters is 1. The Labute approximate surface area is 151 Å². The van der Waals surface area contributed by atoms with Gasteiger partial charge in [0, 0.05) is 12.5 Å². The van der Waals surface area contributed by atoms with Crippen LogP contribution in [0.1, 0.15) is 26.3 Å². The number of methoxy groups -OCH3 is 1. The zero-order valence-corrected chi connectivity index (χ0v) is 15.1. The van der Waals surface area contributed by atoms with Crippen molar-refractivity contribution in [3.63, 3.8) is 0 Å². The standard InChI is InChI=1S/C16H23BFNO7/c1-16(2,3)26-15(21)19-13(14(20)24-4)7-10-5-6-11(8-12(10)18)25-9-17(22)23/h5-6,8,13,22-23H,7,9H2,1-4H3,(H,19,21). The van der Waals surface area contributed by atoms with Crippen molar-refractivity contribution in [3.8, 4) is 5.75 Å². The van der Waals surface area contributed by atoms with Crippen molar-refractivity contribution < 1.29 is 38.2 Å². The van der Waals surface area contributed by atoms with Gasteiger partial charge in [0.15, 0.2) is 0 Å². The van der Waals surface area contributed by atoms with Crippen LogP contribution in [0.25, 0.3) is 0 Å². The van der Waals surface area contributed by atoms with Crippen LogP contribution in [0.15, 0.2) is 18.2 Å². The number of carbonyl (C=O) groups excluding carboxylic acids is 2. The first-order chi connectivity index (χ1) is 12.0. The summed E-state index contributed by atoms with van der Waals surface area (Å²) in [7, 11) is -0.529. The van der Waals surface area contributed by atoms with E-state index in [0.29, 0.717) is 0 Å². The van der Waals surface area contributed by atoms with Crippen LogP contribution in [-0.2, 0) is 20.7 Å². The summed E-state index contributed by atoms with van der Waals surface area (Å²) in [6, 6.07) is 2.67. The molecule has 0 radical (unpaired) electrons. The molecule has 0 aromatic heterocycles. The molecule has 1 unspecified atom stereocenters. The third-order valence-corrected chi connectivity index (χ3v) is 3.02. The Kier molecular flexibility index (Phi) is 7.85. The van der Waals surface area contributed by atoms with E-state index in [9.17, 15) is 14.0 Å². The Morgan fingerprint density at radius 2 is 1.96 bits per heavy atom. The van der Waals surface area contributed by atoms with Gasteiger partial charge in [0.1, 0.15) is 29.7 Å². The van der Waals surface area contributed by atoms with Gasteiger partial charge in [-0.25, -0.2) is 14.0 Å². The fourth-order valence-corrected chi connectivity index (χ4v) is 1.96. The van der Waals surface area contributed by atoms with E-state index in [-0.39, 0.29) is 17.7 Å². The minimum atomic E-state index is -1.68. The maximum Gasteiger partial charge on any atom is 0.491 e. The highest BCUT2D eigenvalue weighted by Crippen LogP contribution is 2.18. The first-order valence-electron chi connectivity index (χ1n) is 7.86. The number of amides is 1. The summed E-state index contributed by atoms with van der Waals surface area (Å²) in [5, 5.41) is 19.8. The van der Waals surface area contributed by atoms with Crippen molar-refractivity contribution in [2.75, 3.05) is 13.6 Å². The van der Waals surface area contributed by atoms with E-state index in [1.807, 2.05) is 0 Å². The lowest BCUT2D eigenvalue weighted by atomic mass is 9.95. The van der Waals surface area contributed by atoms with Gasteiger partial charge in [-0.1, -0.05) is 6.07 Å². The number of alkyl carbamates (subject to hydrolysis) is 1. The molecule has 0 aliphatic rings. The van der Waals surface area contributed by atoms with Crippen molar-refractivity contribution in [2.45, 2.75) is 38.8 Å². The monoisotopic (exact) mass is 371 g/mol. The molecule has 0 saturated heterocycles. The van der Waals surface area contributed by atoms with Gasteiger partial charge in [-0.15, -0.1) is 0 Å². The lowest BCUT2D eigenvalue weighted by Crippen LogP contribution is -2.45. The summed E-state index contributed by atoms with van der Waals surface area (Å²) >= 11 is 0. The summed E-state index contributed by atoms with van der Waals surface area (Å²) in [5.74, 6) is -1.34. The lowest BCUT2D eigenvalue weighted by Gasteiger charge is -2.22. The van der Waals surface area contributed by atoms with E-state index in [0.717, 1.165) is 13.2 Å². The third kappa shape index (κ3) is 7.71. The zero-order valence-electron chi connectivity index (χ0n) is 15.1. The molecule has 1 rings (SSSR count). The molecule has 0 heterocycles. The SMILES string of the molecule is COC(=O)C(Cc1ccc(OCB(O)O)cc1F)NC(=O)OC(C)(C)C. The van der Waals surface area contributed by atoms with Crippen molar-refractivity contribution in [2.24, 2.45) is 0 Å². The molecule has 10 heteroatoms. The molecular formula is C16H23BFNO7. The van der Waals surface area contributed by atoms with Crippen LogP contribution < -0.4 is 10.1 Å². The predicted octanol–water partition coefficient (Wildman–Crippen LogP) is 0.825. The first-order valence-corrected chi connectivity index (χ1v) is 7.86. The summed E-state index contributed by atoms with van der Waals surface area (Å²) in [6.07, 6.45) is -0.995. The number of hydrogen-bond acceptors (Lipinski definition) is 7. The van der Waals surface area contributed by atoms with E-state index in [2.05, 4.69) is 10.1 Å². The number of nitrogens with one attached hydrogen (secondary N) is 1. The summed E-state index contributed by atoms with van der Waals surface area (Å²) in [4.78, 5) is 23.7. The van der Waals surface area contributed by atoms with E-state index in [4.69, 9.17) is 19.5 Å². The molecule has 8 nitrogen and oxygen atoms in total. The Morgan fingerprint density at radius 3 is 2.46 bits per heavy atom. The minimum absolute atomic E-state index is 0.0917. The average molecular weight is 371 g/mol. The molecule has 144 valence electrons. The summed E-state index contributed by atoms with van der Waals surface area (Å²) < 4.78 is 28.9. The molecule has 0 saturated carbocycles. The second-order valence-electron chi connectivity index (χ2n) is 6.47. The van der Waals surface area contributed by atoms with E-state index < -0.39 is 43.1 Å². The van der Waals surface area contributed by atoms with Crippen LogP contribution in [0.2, 0.25) is 0 Å². The number of carbonyl (C=O) groups is 2. The highest BCUT2D eigenvalue weighted by molar-refractivity contribution is 6.40. The number of rotatable bonds is 7. The van der Waals surface area contributed by atoms with Crippen LogP contribution in [0.3, 0.4) is 0 Å².